The Bertz CT molecular complexity index is 504. The van der Waals surface area contributed by atoms with Gasteiger partial charge < -0.3 is 10.2 Å². The van der Waals surface area contributed by atoms with E-state index in [2.05, 4.69) is 0 Å². The van der Waals surface area contributed by atoms with Crippen LogP contribution < -0.4 is 5.73 Å². The van der Waals surface area contributed by atoms with Crippen LogP contribution in [0.25, 0.3) is 0 Å². The molecule has 2 rings (SSSR count). The molecule has 0 aliphatic rings. The minimum absolute atomic E-state index is 0.183. The van der Waals surface area contributed by atoms with E-state index in [-0.39, 0.29) is 6.04 Å². The largest absolute Gasteiger partial charge is 0.469 e. The first-order chi connectivity index (χ1) is 7.59. The summed E-state index contributed by atoms with van der Waals surface area (Å²) < 4.78 is 5.25. The van der Waals surface area contributed by atoms with Crippen molar-refractivity contribution in [1.82, 2.24) is 0 Å². The lowest BCUT2D eigenvalue weighted by molar-refractivity contribution is 0.527. The zero-order valence-electron chi connectivity index (χ0n) is 9.33. The van der Waals surface area contributed by atoms with E-state index in [1.165, 1.54) is 0 Å². The molecule has 0 bridgehead atoms. The van der Waals surface area contributed by atoms with Gasteiger partial charge in [-0.2, -0.15) is 0 Å². The van der Waals surface area contributed by atoms with Gasteiger partial charge >= 0.3 is 0 Å². The summed E-state index contributed by atoms with van der Waals surface area (Å²) in [5.74, 6) is 0.851. The van der Waals surface area contributed by atoms with E-state index in [1.54, 1.807) is 6.26 Å². The van der Waals surface area contributed by atoms with Gasteiger partial charge in [0, 0.05) is 10.6 Å². The fourth-order valence-electron chi connectivity index (χ4n) is 1.70. The van der Waals surface area contributed by atoms with Gasteiger partial charge in [-0.1, -0.05) is 23.7 Å². The van der Waals surface area contributed by atoms with Gasteiger partial charge in [-0.15, -0.1) is 0 Å². The molecule has 3 heteroatoms. The van der Waals surface area contributed by atoms with Gasteiger partial charge in [0.1, 0.15) is 5.76 Å². The molecule has 0 spiro atoms. The van der Waals surface area contributed by atoms with Gasteiger partial charge in [-0.05, 0) is 37.1 Å². The minimum Gasteiger partial charge on any atom is -0.469 e. The number of furan rings is 1. The van der Waals surface area contributed by atoms with E-state index in [9.17, 15) is 0 Å². The number of nitrogens with two attached hydrogens (primary N) is 1. The zero-order chi connectivity index (χ0) is 11.7. The molecule has 2 aromatic rings. The second-order valence-electron chi connectivity index (χ2n) is 3.92. The standard InChI is InChI=1S/C13H14ClNO/c1-8-3-4-10(7-12(8)14)13(15)11-5-6-16-9(11)2/h3-7,13H,15H2,1-2H3. The number of benzene rings is 1. The SMILES string of the molecule is Cc1ccc(C(N)c2ccoc2C)cc1Cl. The highest BCUT2D eigenvalue weighted by Gasteiger charge is 2.14. The fourth-order valence-corrected chi connectivity index (χ4v) is 1.89. The van der Waals surface area contributed by atoms with Crippen molar-refractivity contribution < 1.29 is 4.42 Å². The highest BCUT2D eigenvalue weighted by atomic mass is 35.5. The lowest BCUT2D eigenvalue weighted by atomic mass is 9.99. The van der Waals surface area contributed by atoms with Crippen LogP contribution >= 0.6 is 11.6 Å². The first kappa shape index (κ1) is 11.2. The predicted octanol–water partition coefficient (Wildman–Crippen LogP) is 3.60. The maximum Gasteiger partial charge on any atom is 0.105 e. The normalized spacial score (nSPS) is 12.8. The Kier molecular flexibility index (Phi) is 3.03. The quantitative estimate of drug-likeness (QED) is 0.864. The van der Waals surface area contributed by atoms with Gasteiger partial charge in [0.25, 0.3) is 0 Å². The lowest BCUT2D eigenvalue weighted by Crippen LogP contribution is -2.12. The van der Waals surface area contributed by atoms with Crippen molar-refractivity contribution in [3.05, 3.63) is 58.0 Å². The van der Waals surface area contributed by atoms with Gasteiger partial charge in [0.2, 0.25) is 0 Å². The molecule has 0 saturated heterocycles. The molecule has 1 aromatic heterocycles. The van der Waals surface area contributed by atoms with Crippen LogP contribution in [-0.2, 0) is 0 Å². The summed E-state index contributed by atoms with van der Waals surface area (Å²) in [6.45, 7) is 3.88. The van der Waals surface area contributed by atoms with Crippen molar-refractivity contribution in [2.24, 2.45) is 5.73 Å². The molecular weight excluding hydrogens is 222 g/mol. The Morgan fingerprint density at radius 1 is 1.25 bits per heavy atom. The third-order valence-corrected chi connectivity index (χ3v) is 3.20. The average Bonchev–Trinajstić information content (AvgIpc) is 2.67. The van der Waals surface area contributed by atoms with Gasteiger partial charge in [-0.25, -0.2) is 0 Å². The summed E-state index contributed by atoms with van der Waals surface area (Å²) in [5.41, 5.74) is 9.22. The summed E-state index contributed by atoms with van der Waals surface area (Å²) in [4.78, 5) is 0. The van der Waals surface area contributed by atoms with Crippen molar-refractivity contribution in [1.29, 1.82) is 0 Å². The molecule has 1 atom stereocenters. The van der Waals surface area contributed by atoms with E-state index in [1.807, 2.05) is 38.1 Å². The predicted molar refractivity (Wildman–Crippen MR) is 65.7 cm³/mol. The Hall–Kier alpha value is -1.25. The minimum atomic E-state index is -0.183. The second kappa shape index (κ2) is 4.32. The van der Waals surface area contributed by atoms with Gasteiger partial charge in [0.15, 0.2) is 0 Å². The van der Waals surface area contributed by atoms with Crippen LogP contribution in [0, 0.1) is 13.8 Å². The van der Waals surface area contributed by atoms with E-state index in [0.29, 0.717) is 0 Å². The summed E-state index contributed by atoms with van der Waals surface area (Å²) >= 11 is 6.08. The number of hydrogen-bond acceptors (Lipinski definition) is 2. The summed E-state index contributed by atoms with van der Waals surface area (Å²) in [7, 11) is 0. The number of rotatable bonds is 2. The number of hydrogen-bond donors (Lipinski definition) is 1. The van der Waals surface area contributed by atoms with Crippen molar-refractivity contribution in [3.63, 3.8) is 0 Å². The first-order valence-electron chi connectivity index (χ1n) is 5.15. The molecular formula is C13H14ClNO. The van der Waals surface area contributed by atoms with Crippen molar-refractivity contribution in [3.8, 4) is 0 Å². The van der Waals surface area contributed by atoms with Gasteiger partial charge in [-0.3, -0.25) is 0 Å². The van der Waals surface area contributed by atoms with Crippen LogP contribution in [0.2, 0.25) is 5.02 Å². The summed E-state index contributed by atoms with van der Waals surface area (Å²) in [6.07, 6.45) is 1.65. The second-order valence-corrected chi connectivity index (χ2v) is 4.33. The zero-order valence-corrected chi connectivity index (χ0v) is 10.1. The Morgan fingerprint density at radius 3 is 2.56 bits per heavy atom. The number of halogens is 1. The number of aryl methyl sites for hydroxylation is 2. The highest BCUT2D eigenvalue weighted by Crippen LogP contribution is 2.26. The molecule has 1 unspecified atom stereocenters. The Labute approximate surface area is 100 Å². The Morgan fingerprint density at radius 2 is 2.00 bits per heavy atom. The topological polar surface area (TPSA) is 39.2 Å². The van der Waals surface area contributed by atoms with Crippen LogP contribution in [0.4, 0.5) is 0 Å². The summed E-state index contributed by atoms with van der Waals surface area (Å²) in [5, 5.41) is 0.745. The maximum absolute atomic E-state index is 6.16. The van der Waals surface area contributed by atoms with Crippen molar-refractivity contribution in [2.45, 2.75) is 19.9 Å². The van der Waals surface area contributed by atoms with Crippen LogP contribution in [0.3, 0.4) is 0 Å². The van der Waals surface area contributed by atoms with E-state index in [0.717, 1.165) is 27.5 Å². The molecule has 0 aliphatic carbocycles. The molecule has 0 saturated carbocycles. The average molecular weight is 236 g/mol. The monoisotopic (exact) mass is 235 g/mol. The molecule has 1 heterocycles. The molecule has 84 valence electrons. The van der Waals surface area contributed by atoms with Crippen LogP contribution in [0.1, 0.15) is 28.5 Å². The van der Waals surface area contributed by atoms with Crippen molar-refractivity contribution >= 4 is 11.6 Å². The highest BCUT2D eigenvalue weighted by molar-refractivity contribution is 6.31. The smallest absolute Gasteiger partial charge is 0.105 e. The molecule has 0 aliphatic heterocycles. The molecule has 1 aromatic carbocycles. The molecule has 2 N–H and O–H groups in total. The third kappa shape index (κ3) is 1.99. The van der Waals surface area contributed by atoms with Gasteiger partial charge in [0.05, 0.1) is 12.3 Å². The maximum atomic E-state index is 6.16. The first-order valence-corrected chi connectivity index (χ1v) is 5.53. The van der Waals surface area contributed by atoms with E-state index >= 15 is 0 Å². The van der Waals surface area contributed by atoms with Crippen LogP contribution in [0.15, 0.2) is 34.9 Å². The summed E-state index contributed by atoms with van der Waals surface area (Å²) in [6, 6.07) is 7.60. The molecule has 2 nitrogen and oxygen atoms in total. The van der Waals surface area contributed by atoms with E-state index in [4.69, 9.17) is 21.8 Å². The Balaban J connectivity index is 2.38. The third-order valence-electron chi connectivity index (χ3n) is 2.79. The fraction of sp³-hybridized carbons (Fsp3) is 0.231. The van der Waals surface area contributed by atoms with E-state index < -0.39 is 0 Å². The lowest BCUT2D eigenvalue weighted by Gasteiger charge is -2.12. The van der Waals surface area contributed by atoms with Crippen LogP contribution in [-0.4, -0.2) is 0 Å². The van der Waals surface area contributed by atoms with Crippen molar-refractivity contribution in [2.75, 3.05) is 0 Å². The molecule has 0 amide bonds. The molecule has 16 heavy (non-hydrogen) atoms. The molecule has 0 radical (unpaired) electrons. The molecule has 0 fully saturated rings. The van der Waals surface area contributed by atoms with Crippen LogP contribution in [0.5, 0.6) is 0 Å².